The van der Waals surface area contributed by atoms with Crippen molar-refractivity contribution in [1.82, 2.24) is 0 Å². The molecular weight excluding hydrogens is 283 g/mol. The van der Waals surface area contributed by atoms with E-state index in [9.17, 15) is 4.79 Å². The van der Waals surface area contributed by atoms with Crippen molar-refractivity contribution in [1.29, 1.82) is 0 Å². The van der Waals surface area contributed by atoms with Gasteiger partial charge in [0.1, 0.15) is 0 Å². The number of halogens is 2. The third kappa shape index (κ3) is 3.19. The second kappa shape index (κ2) is 5.51. The average molecular weight is 295 g/mol. The lowest BCUT2D eigenvalue weighted by atomic mass is 10.1. The number of carbonyl (C=O) groups excluding carboxylic acids is 1. The lowest BCUT2D eigenvalue weighted by Gasteiger charge is -2.09. The van der Waals surface area contributed by atoms with Gasteiger partial charge in [0.25, 0.3) is 5.91 Å². The van der Waals surface area contributed by atoms with Gasteiger partial charge in [-0.25, -0.2) is 0 Å². The van der Waals surface area contributed by atoms with Crippen molar-refractivity contribution in [3.05, 3.63) is 57.6 Å². The normalized spacial score (nSPS) is 10.3. The summed E-state index contributed by atoms with van der Waals surface area (Å²) < 4.78 is 0. The quantitative estimate of drug-likeness (QED) is 0.818. The Kier molecular flexibility index (Phi) is 3.98. The highest BCUT2D eigenvalue weighted by molar-refractivity contribution is 6.34. The Balaban J connectivity index is 2.25. The highest BCUT2D eigenvalue weighted by atomic mass is 35.5. The van der Waals surface area contributed by atoms with Gasteiger partial charge in [0.2, 0.25) is 0 Å². The number of carbonyl (C=O) groups is 1. The lowest BCUT2D eigenvalue weighted by Crippen LogP contribution is -2.13. The van der Waals surface area contributed by atoms with Crippen LogP contribution in [0.15, 0.2) is 36.4 Å². The maximum Gasteiger partial charge on any atom is 0.255 e. The lowest BCUT2D eigenvalue weighted by molar-refractivity contribution is 0.102. The monoisotopic (exact) mass is 294 g/mol. The number of nitrogens with two attached hydrogens (primary N) is 1. The van der Waals surface area contributed by atoms with E-state index < -0.39 is 0 Å². The average Bonchev–Trinajstić information content (AvgIpc) is 2.32. The molecule has 0 aliphatic heterocycles. The van der Waals surface area contributed by atoms with E-state index in [0.29, 0.717) is 27.0 Å². The minimum absolute atomic E-state index is 0.235. The van der Waals surface area contributed by atoms with Crippen LogP contribution in [0.5, 0.6) is 0 Å². The van der Waals surface area contributed by atoms with Gasteiger partial charge in [-0.2, -0.15) is 0 Å². The highest BCUT2D eigenvalue weighted by Gasteiger charge is 2.11. The van der Waals surface area contributed by atoms with Crippen molar-refractivity contribution in [2.75, 3.05) is 11.1 Å². The molecule has 98 valence electrons. The summed E-state index contributed by atoms with van der Waals surface area (Å²) in [6, 6.07) is 10.0. The molecule has 0 saturated carbocycles. The largest absolute Gasteiger partial charge is 0.399 e. The molecule has 0 heterocycles. The van der Waals surface area contributed by atoms with E-state index in [2.05, 4.69) is 5.32 Å². The zero-order chi connectivity index (χ0) is 14.0. The van der Waals surface area contributed by atoms with Crippen LogP contribution in [-0.2, 0) is 0 Å². The molecule has 0 unspecified atom stereocenters. The summed E-state index contributed by atoms with van der Waals surface area (Å²) in [6.45, 7) is 1.82. The van der Waals surface area contributed by atoms with Crippen LogP contribution < -0.4 is 11.1 Å². The van der Waals surface area contributed by atoms with Gasteiger partial charge in [-0.05, 0) is 48.9 Å². The standard InChI is InChI=1S/C14H12Cl2N2O/c1-8-6-9(15)2-4-11(8)14(19)18-13-5-3-10(17)7-12(13)16/h2-7H,17H2,1H3,(H,18,19). The molecule has 19 heavy (non-hydrogen) atoms. The molecule has 2 aromatic carbocycles. The Morgan fingerprint density at radius 1 is 1.16 bits per heavy atom. The molecule has 2 rings (SSSR count). The molecule has 0 atom stereocenters. The Morgan fingerprint density at radius 3 is 2.53 bits per heavy atom. The van der Waals surface area contributed by atoms with E-state index in [4.69, 9.17) is 28.9 Å². The molecule has 1 amide bonds. The van der Waals surface area contributed by atoms with Gasteiger partial charge in [-0.1, -0.05) is 23.2 Å². The van der Waals surface area contributed by atoms with E-state index >= 15 is 0 Å². The molecule has 0 aromatic heterocycles. The fourth-order valence-electron chi connectivity index (χ4n) is 1.70. The van der Waals surface area contributed by atoms with Crippen molar-refractivity contribution < 1.29 is 4.79 Å². The molecule has 3 N–H and O–H groups in total. The van der Waals surface area contributed by atoms with Gasteiger partial charge >= 0.3 is 0 Å². The number of rotatable bonds is 2. The first-order chi connectivity index (χ1) is 8.97. The van der Waals surface area contributed by atoms with Crippen molar-refractivity contribution in [2.45, 2.75) is 6.92 Å². The number of anilines is 2. The third-order valence-corrected chi connectivity index (χ3v) is 3.22. The van der Waals surface area contributed by atoms with Gasteiger partial charge in [-0.3, -0.25) is 4.79 Å². The van der Waals surface area contributed by atoms with E-state index in [-0.39, 0.29) is 5.91 Å². The molecule has 5 heteroatoms. The number of amides is 1. The zero-order valence-corrected chi connectivity index (χ0v) is 11.7. The molecule has 0 aliphatic rings. The Hall–Kier alpha value is -1.71. The fourth-order valence-corrected chi connectivity index (χ4v) is 2.17. The molecule has 0 bridgehead atoms. The van der Waals surface area contributed by atoms with E-state index in [0.717, 1.165) is 5.56 Å². The number of nitrogen functional groups attached to an aromatic ring is 1. The minimum atomic E-state index is -0.235. The summed E-state index contributed by atoms with van der Waals surface area (Å²) in [5, 5.41) is 3.74. The Morgan fingerprint density at radius 2 is 1.89 bits per heavy atom. The van der Waals surface area contributed by atoms with Crippen molar-refractivity contribution in [3.8, 4) is 0 Å². The number of nitrogens with one attached hydrogen (secondary N) is 1. The molecule has 0 radical (unpaired) electrons. The molecule has 0 fully saturated rings. The Bertz CT molecular complexity index is 641. The first-order valence-electron chi connectivity index (χ1n) is 5.60. The second-order valence-corrected chi connectivity index (χ2v) is 5.00. The number of aryl methyl sites for hydroxylation is 1. The Labute approximate surface area is 121 Å². The molecule has 0 spiro atoms. The summed E-state index contributed by atoms with van der Waals surface area (Å²) in [5.41, 5.74) is 8.02. The molecule has 0 saturated heterocycles. The van der Waals surface area contributed by atoms with Crippen molar-refractivity contribution in [2.24, 2.45) is 0 Å². The predicted molar refractivity (Wildman–Crippen MR) is 80.0 cm³/mol. The van der Waals surface area contributed by atoms with Gasteiger partial charge in [0, 0.05) is 16.3 Å². The first-order valence-corrected chi connectivity index (χ1v) is 6.35. The summed E-state index contributed by atoms with van der Waals surface area (Å²) in [4.78, 5) is 12.1. The maximum absolute atomic E-state index is 12.1. The SMILES string of the molecule is Cc1cc(Cl)ccc1C(=O)Nc1ccc(N)cc1Cl. The smallest absolute Gasteiger partial charge is 0.255 e. The van der Waals surface area contributed by atoms with Crippen molar-refractivity contribution >= 4 is 40.5 Å². The molecular formula is C14H12Cl2N2O. The van der Waals surface area contributed by atoms with Crippen LogP contribution in [0.4, 0.5) is 11.4 Å². The van der Waals surface area contributed by atoms with Crippen LogP contribution in [0.25, 0.3) is 0 Å². The predicted octanol–water partition coefficient (Wildman–Crippen LogP) is 4.14. The van der Waals surface area contributed by atoms with E-state index in [1.54, 1.807) is 36.4 Å². The zero-order valence-electron chi connectivity index (χ0n) is 10.2. The first kappa shape index (κ1) is 13.7. The number of benzene rings is 2. The fraction of sp³-hybridized carbons (Fsp3) is 0.0714. The van der Waals surface area contributed by atoms with Crippen LogP contribution in [0.2, 0.25) is 10.0 Å². The topological polar surface area (TPSA) is 55.1 Å². The number of hydrogen-bond acceptors (Lipinski definition) is 2. The summed E-state index contributed by atoms with van der Waals surface area (Å²) in [7, 11) is 0. The van der Waals surface area contributed by atoms with Crippen LogP contribution in [-0.4, -0.2) is 5.91 Å². The van der Waals surface area contributed by atoms with Crippen LogP contribution in [0, 0.1) is 6.92 Å². The number of hydrogen-bond donors (Lipinski definition) is 2. The van der Waals surface area contributed by atoms with Gasteiger partial charge < -0.3 is 11.1 Å². The van der Waals surface area contributed by atoms with Crippen LogP contribution >= 0.6 is 23.2 Å². The minimum Gasteiger partial charge on any atom is -0.399 e. The summed E-state index contributed by atoms with van der Waals surface area (Å²) in [5.74, 6) is -0.235. The van der Waals surface area contributed by atoms with Gasteiger partial charge in [0.15, 0.2) is 0 Å². The van der Waals surface area contributed by atoms with E-state index in [1.165, 1.54) is 0 Å². The maximum atomic E-state index is 12.1. The van der Waals surface area contributed by atoms with Gasteiger partial charge in [-0.15, -0.1) is 0 Å². The highest BCUT2D eigenvalue weighted by Crippen LogP contribution is 2.25. The van der Waals surface area contributed by atoms with Crippen molar-refractivity contribution in [3.63, 3.8) is 0 Å². The third-order valence-electron chi connectivity index (χ3n) is 2.67. The van der Waals surface area contributed by atoms with E-state index in [1.807, 2.05) is 6.92 Å². The molecule has 3 nitrogen and oxygen atoms in total. The van der Waals surface area contributed by atoms with Crippen LogP contribution in [0.3, 0.4) is 0 Å². The van der Waals surface area contributed by atoms with Gasteiger partial charge in [0.05, 0.1) is 10.7 Å². The summed E-state index contributed by atoms with van der Waals surface area (Å²) in [6.07, 6.45) is 0. The van der Waals surface area contributed by atoms with Crippen LogP contribution in [0.1, 0.15) is 15.9 Å². The molecule has 0 aliphatic carbocycles. The second-order valence-electron chi connectivity index (χ2n) is 4.15. The summed E-state index contributed by atoms with van der Waals surface area (Å²) >= 11 is 11.9. The molecule has 2 aromatic rings.